The standard InChI is InChI=1S/C11H19NO5S/c1-7(8(2)11(14)15)10(13)12-9-4-3-5-18(16,17)6-9/h7-9H,3-6H2,1-2H3,(H,12,13)(H,14,15). The third-order valence-electron chi connectivity index (χ3n) is 3.36. The van der Waals surface area contributed by atoms with E-state index in [0.717, 1.165) is 0 Å². The molecule has 0 aromatic rings. The molecule has 18 heavy (non-hydrogen) atoms. The molecule has 1 aliphatic rings. The number of rotatable bonds is 4. The van der Waals surface area contributed by atoms with Crippen LogP contribution >= 0.6 is 0 Å². The van der Waals surface area contributed by atoms with Crippen molar-refractivity contribution >= 4 is 21.7 Å². The fourth-order valence-corrected chi connectivity index (χ4v) is 3.55. The fraction of sp³-hybridized carbons (Fsp3) is 0.818. The minimum absolute atomic E-state index is 0.0487. The van der Waals surface area contributed by atoms with E-state index in [1.165, 1.54) is 13.8 Å². The van der Waals surface area contributed by atoms with Crippen molar-refractivity contribution < 1.29 is 23.1 Å². The van der Waals surface area contributed by atoms with Crippen molar-refractivity contribution in [2.75, 3.05) is 11.5 Å². The lowest BCUT2D eigenvalue weighted by atomic mass is 9.95. The zero-order chi connectivity index (χ0) is 13.9. The Balaban J connectivity index is 2.57. The number of carboxylic acid groups (broad SMARTS) is 1. The summed E-state index contributed by atoms with van der Waals surface area (Å²) in [7, 11) is -3.07. The number of amides is 1. The molecule has 0 radical (unpaired) electrons. The first-order valence-electron chi connectivity index (χ1n) is 5.96. The van der Waals surface area contributed by atoms with Gasteiger partial charge in [-0.1, -0.05) is 13.8 Å². The molecule has 0 aromatic heterocycles. The zero-order valence-electron chi connectivity index (χ0n) is 10.5. The molecule has 1 fully saturated rings. The molecular weight excluding hydrogens is 258 g/mol. The number of hydrogen-bond donors (Lipinski definition) is 2. The molecule has 104 valence electrons. The van der Waals surface area contributed by atoms with Gasteiger partial charge in [0.1, 0.15) is 0 Å². The fourth-order valence-electron chi connectivity index (χ4n) is 1.91. The van der Waals surface area contributed by atoms with Crippen molar-refractivity contribution in [2.45, 2.75) is 32.7 Å². The number of carboxylic acids is 1. The molecule has 0 saturated carbocycles. The van der Waals surface area contributed by atoms with Gasteiger partial charge >= 0.3 is 5.97 Å². The highest BCUT2D eigenvalue weighted by Crippen LogP contribution is 2.15. The van der Waals surface area contributed by atoms with Crippen LogP contribution in [0.1, 0.15) is 26.7 Å². The van der Waals surface area contributed by atoms with Crippen molar-refractivity contribution in [1.82, 2.24) is 5.32 Å². The summed E-state index contributed by atoms with van der Waals surface area (Å²) in [6, 6.07) is -0.389. The predicted molar refractivity (Wildman–Crippen MR) is 65.8 cm³/mol. The summed E-state index contributed by atoms with van der Waals surface area (Å²) in [5.74, 6) is -2.77. The van der Waals surface area contributed by atoms with Gasteiger partial charge in [-0.05, 0) is 12.8 Å². The van der Waals surface area contributed by atoms with Crippen LogP contribution in [0.3, 0.4) is 0 Å². The highest BCUT2D eigenvalue weighted by molar-refractivity contribution is 7.91. The van der Waals surface area contributed by atoms with Crippen molar-refractivity contribution in [1.29, 1.82) is 0 Å². The second-order valence-corrected chi connectivity index (χ2v) is 7.11. The van der Waals surface area contributed by atoms with Gasteiger partial charge in [0.15, 0.2) is 9.84 Å². The third kappa shape index (κ3) is 3.97. The maximum absolute atomic E-state index is 11.8. The molecule has 0 aromatic carbocycles. The molecule has 6 nitrogen and oxygen atoms in total. The van der Waals surface area contributed by atoms with E-state index in [1.54, 1.807) is 0 Å². The smallest absolute Gasteiger partial charge is 0.307 e. The monoisotopic (exact) mass is 277 g/mol. The second-order valence-electron chi connectivity index (χ2n) is 4.88. The van der Waals surface area contributed by atoms with E-state index >= 15 is 0 Å². The van der Waals surface area contributed by atoms with E-state index in [0.29, 0.717) is 12.8 Å². The van der Waals surface area contributed by atoms with E-state index in [1.807, 2.05) is 0 Å². The molecule has 1 heterocycles. The summed E-state index contributed by atoms with van der Waals surface area (Å²) in [6.07, 6.45) is 1.16. The van der Waals surface area contributed by atoms with E-state index in [4.69, 9.17) is 5.11 Å². The summed E-state index contributed by atoms with van der Waals surface area (Å²) in [6.45, 7) is 3.00. The minimum atomic E-state index is -3.07. The van der Waals surface area contributed by atoms with E-state index in [2.05, 4.69) is 5.32 Å². The first-order valence-corrected chi connectivity index (χ1v) is 7.78. The molecule has 1 rings (SSSR count). The molecule has 1 aliphatic heterocycles. The van der Waals surface area contributed by atoms with Crippen LogP contribution in [0.2, 0.25) is 0 Å². The van der Waals surface area contributed by atoms with Gasteiger partial charge in [0.25, 0.3) is 0 Å². The van der Waals surface area contributed by atoms with Gasteiger partial charge in [-0.2, -0.15) is 0 Å². The largest absolute Gasteiger partial charge is 0.481 e. The summed E-state index contributed by atoms with van der Waals surface area (Å²) < 4.78 is 22.8. The number of carbonyl (C=O) groups is 2. The van der Waals surface area contributed by atoms with Crippen LogP contribution in [0, 0.1) is 11.8 Å². The lowest BCUT2D eigenvalue weighted by Gasteiger charge is -2.25. The normalized spacial score (nSPS) is 26.0. The topological polar surface area (TPSA) is 101 Å². The Kier molecular flexibility index (Phi) is 4.72. The Labute approximate surface area is 107 Å². The van der Waals surface area contributed by atoms with Gasteiger partial charge in [-0.15, -0.1) is 0 Å². The van der Waals surface area contributed by atoms with Gasteiger partial charge in [-0.25, -0.2) is 8.42 Å². The molecule has 3 unspecified atom stereocenters. The molecule has 1 saturated heterocycles. The lowest BCUT2D eigenvalue weighted by molar-refractivity contribution is -0.146. The van der Waals surface area contributed by atoms with Crippen LogP contribution in [0.4, 0.5) is 0 Å². The summed E-state index contributed by atoms with van der Waals surface area (Å²) in [4.78, 5) is 22.6. The Morgan fingerprint density at radius 2 is 1.89 bits per heavy atom. The molecule has 7 heteroatoms. The lowest BCUT2D eigenvalue weighted by Crippen LogP contribution is -2.46. The molecule has 2 N–H and O–H groups in total. The number of hydrogen-bond acceptors (Lipinski definition) is 4. The maximum Gasteiger partial charge on any atom is 0.307 e. The van der Waals surface area contributed by atoms with Gasteiger partial charge in [0, 0.05) is 12.0 Å². The highest BCUT2D eigenvalue weighted by atomic mass is 32.2. The Morgan fingerprint density at radius 3 is 2.39 bits per heavy atom. The van der Waals surface area contributed by atoms with Crippen LogP contribution < -0.4 is 5.32 Å². The van der Waals surface area contributed by atoms with Crippen molar-refractivity contribution in [3.63, 3.8) is 0 Å². The van der Waals surface area contributed by atoms with Gasteiger partial charge in [0.2, 0.25) is 5.91 Å². The Bertz CT molecular complexity index is 431. The number of nitrogens with one attached hydrogen (secondary N) is 1. The molecule has 0 spiro atoms. The van der Waals surface area contributed by atoms with Crippen LogP contribution in [0.15, 0.2) is 0 Å². The van der Waals surface area contributed by atoms with Crippen molar-refractivity contribution in [3.05, 3.63) is 0 Å². The van der Waals surface area contributed by atoms with Gasteiger partial charge in [-0.3, -0.25) is 9.59 Å². The minimum Gasteiger partial charge on any atom is -0.481 e. The summed E-state index contributed by atoms with van der Waals surface area (Å²) >= 11 is 0. The van der Waals surface area contributed by atoms with Gasteiger partial charge < -0.3 is 10.4 Å². The summed E-state index contributed by atoms with van der Waals surface area (Å²) in [5, 5.41) is 11.4. The first-order chi connectivity index (χ1) is 8.23. The molecule has 3 atom stereocenters. The van der Waals surface area contributed by atoms with E-state index in [9.17, 15) is 18.0 Å². The number of sulfone groups is 1. The molecule has 0 bridgehead atoms. The highest BCUT2D eigenvalue weighted by Gasteiger charge is 2.30. The molecule has 0 aliphatic carbocycles. The van der Waals surface area contributed by atoms with Crippen molar-refractivity contribution in [3.8, 4) is 0 Å². The Morgan fingerprint density at radius 1 is 1.28 bits per heavy atom. The first kappa shape index (κ1) is 14.9. The van der Waals surface area contributed by atoms with Gasteiger partial charge in [0.05, 0.1) is 17.4 Å². The average Bonchev–Trinajstić information content (AvgIpc) is 2.25. The van der Waals surface area contributed by atoms with Crippen molar-refractivity contribution in [2.24, 2.45) is 11.8 Å². The predicted octanol–water partition coefficient (Wildman–Crippen LogP) is 0.0366. The molecule has 1 amide bonds. The van der Waals surface area contributed by atoms with Crippen LogP contribution in [0.5, 0.6) is 0 Å². The number of aliphatic carboxylic acids is 1. The average molecular weight is 277 g/mol. The van der Waals surface area contributed by atoms with Crippen LogP contribution in [0.25, 0.3) is 0 Å². The number of carbonyl (C=O) groups excluding carboxylic acids is 1. The second kappa shape index (κ2) is 5.69. The zero-order valence-corrected chi connectivity index (χ0v) is 11.4. The summed E-state index contributed by atoms with van der Waals surface area (Å²) in [5.41, 5.74) is 0. The maximum atomic E-state index is 11.8. The van der Waals surface area contributed by atoms with E-state index < -0.39 is 33.5 Å². The molecular formula is C11H19NO5S. The van der Waals surface area contributed by atoms with Crippen LogP contribution in [-0.2, 0) is 19.4 Å². The van der Waals surface area contributed by atoms with Crippen LogP contribution in [-0.4, -0.2) is 42.9 Å². The van der Waals surface area contributed by atoms with E-state index in [-0.39, 0.29) is 17.5 Å². The Hall–Kier alpha value is -1.11. The quantitative estimate of drug-likeness (QED) is 0.755. The third-order valence-corrected chi connectivity index (χ3v) is 5.18. The SMILES string of the molecule is CC(C(=O)O)C(C)C(=O)NC1CCCS(=O)(=O)C1.